The molecule has 0 bridgehead atoms. The summed E-state index contributed by atoms with van der Waals surface area (Å²) >= 11 is 0. The molecule has 0 aromatic carbocycles. The Morgan fingerprint density at radius 3 is 2.48 bits per heavy atom. The zero-order valence-corrected chi connectivity index (χ0v) is 19.7. The summed E-state index contributed by atoms with van der Waals surface area (Å²) in [6.07, 6.45) is 9.56. The van der Waals surface area contributed by atoms with E-state index in [-0.39, 0.29) is 24.0 Å². The molecule has 2 saturated carbocycles. The molecule has 2 heterocycles. The molecular weight excluding hydrogens is 451 g/mol. The minimum atomic E-state index is 0. The lowest BCUT2D eigenvalue weighted by atomic mass is 9.54. The first-order chi connectivity index (χ1) is 12.6. The molecule has 1 spiro atoms. The van der Waals surface area contributed by atoms with E-state index >= 15 is 0 Å². The SMILES string of the molecule is CCN=C(NC1CCN(C(C)C)CC1)NC1C2CCOC2C12CCCC2.I. The molecule has 156 valence electrons. The zero-order chi connectivity index (χ0) is 18.1. The molecule has 0 aromatic rings. The van der Waals surface area contributed by atoms with Gasteiger partial charge >= 0.3 is 0 Å². The van der Waals surface area contributed by atoms with Crippen molar-refractivity contribution in [2.24, 2.45) is 16.3 Å². The minimum Gasteiger partial charge on any atom is -0.377 e. The fourth-order valence-corrected chi connectivity index (χ4v) is 6.10. The van der Waals surface area contributed by atoms with Gasteiger partial charge in [-0.1, -0.05) is 12.8 Å². The van der Waals surface area contributed by atoms with Gasteiger partial charge in [0.05, 0.1) is 6.10 Å². The van der Waals surface area contributed by atoms with Crippen molar-refractivity contribution < 1.29 is 4.74 Å². The molecule has 4 rings (SSSR count). The van der Waals surface area contributed by atoms with E-state index in [1.54, 1.807) is 0 Å². The second-order valence-electron chi connectivity index (χ2n) is 9.18. The van der Waals surface area contributed by atoms with Crippen LogP contribution in [0.3, 0.4) is 0 Å². The first-order valence-corrected chi connectivity index (χ1v) is 11.1. The third-order valence-electron chi connectivity index (χ3n) is 7.50. The highest BCUT2D eigenvalue weighted by Gasteiger charge is 2.65. The third kappa shape index (κ3) is 4.13. The van der Waals surface area contributed by atoms with Crippen LogP contribution in [0.2, 0.25) is 0 Å². The van der Waals surface area contributed by atoms with Crippen LogP contribution >= 0.6 is 24.0 Å². The molecule has 27 heavy (non-hydrogen) atoms. The Kier molecular flexibility index (Phi) is 7.34. The quantitative estimate of drug-likeness (QED) is 0.361. The predicted octanol–water partition coefficient (Wildman–Crippen LogP) is 3.38. The number of hydrogen-bond donors (Lipinski definition) is 2. The Morgan fingerprint density at radius 1 is 1.15 bits per heavy atom. The van der Waals surface area contributed by atoms with Crippen molar-refractivity contribution in [1.82, 2.24) is 15.5 Å². The summed E-state index contributed by atoms with van der Waals surface area (Å²) in [4.78, 5) is 7.39. The second-order valence-corrected chi connectivity index (χ2v) is 9.18. The van der Waals surface area contributed by atoms with E-state index in [1.807, 2.05) is 0 Å². The van der Waals surface area contributed by atoms with Crippen molar-refractivity contribution in [2.75, 3.05) is 26.2 Å². The van der Waals surface area contributed by atoms with Crippen molar-refractivity contribution in [2.45, 2.75) is 89.9 Å². The minimum absolute atomic E-state index is 0. The largest absolute Gasteiger partial charge is 0.377 e. The van der Waals surface area contributed by atoms with E-state index in [1.165, 1.54) is 58.0 Å². The summed E-state index contributed by atoms with van der Waals surface area (Å²) in [6.45, 7) is 10.9. The number of nitrogens with zero attached hydrogens (tertiary/aromatic N) is 2. The summed E-state index contributed by atoms with van der Waals surface area (Å²) in [5, 5.41) is 7.66. The number of aliphatic imine (C=N–C) groups is 1. The molecule has 5 nitrogen and oxygen atoms in total. The van der Waals surface area contributed by atoms with Crippen LogP contribution in [-0.2, 0) is 4.74 Å². The van der Waals surface area contributed by atoms with Gasteiger partial charge in [0.2, 0.25) is 0 Å². The van der Waals surface area contributed by atoms with E-state index in [2.05, 4.69) is 36.3 Å². The Hall–Kier alpha value is -0.0800. The summed E-state index contributed by atoms with van der Waals surface area (Å²) in [5.74, 6) is 1.75. The molecule has 2 N–H and O–H groups in total. The van der Waals surface area contributed by atoms with E-state index in [0.29, 0.717) is 35.6 Å². The number of hydrogen-bond acceptors (Lipinski definition) is 3. The summed E-state index contributed by atoms with van der Waals surface area (Å²) in [7, 11) is 0. The standard InChI is InChI=1S/C21H38N4O.HI/c1-4-22-20(23-16-7-12-25(13-8-16)15(2)3)24-18-17-9-14-26-19(17)21(18)10-5-6-11-21;/h15-19H,4-14H2,1-3H3,(H2,22,23,24);1H. The van der Waals surface area contributed by atoms with Crippen molar-refractivity contribution in [1.29, 1.82) is 0 Å². The van der Waals surface area contributed by atoms with Crippen LogP contribution in [0.1, 0.15) is 65.7 Å². The van der Waals surface area contributed by atoms with Gasteiger partial charge < -0.3 is 20.3 Å². The monoisotopic (exact) mass is 490 g/mol. The average Bonchev–Trinajstić information content (AvgIpc) is 3.29. The highest BCUT2D eigenvalue weighted by Crippen LogP contribution is 2.60. The van der Waals surface area contributed by atoms with Crippen LogP contribution in [-0.4, -0.2) is 61.3 Å². The Labute approximate surface area is 182 Å². The lowest BCUT2D eigenvalue weighted by Crippen LogP contribution is -2.69. The maximum absolute atomic E-state index is 6.14. The molecule has 2 aliphatic carbocycles. The van der Waals surface area contributed by atoms with E-state index in [4.69, 9.17) is 9.73 Å². The van der Waals surface area contributed by atoms with Gasteiger partial charge in [0.1, 0.15) is 0 Å². The smallest absolute Gasteiger partial charge is 0.191 e. The van der Waals surface area contributed by atoms with Gasteiger partial charge in [-0.05, 0) is 52.9 Å². The van der Waals surface area contributed by atoms with Gasteiger partial charge in [0.15, 0.2) is 5.96 Å². The molecule has 6 heteroatoms. The fourth-order valence-electron chi connectivity index (χ4n) is 6.10. The number of ether oxygens (including phenoxy) is 1. The first kappa shape index (κ1) is 21.6. The predicted molar refractivity (Wildman–Crippen MR) is 122 cm³/mol. The molecule has 2 aliphatic heterocycles. The van der Waals surface area contributed by atoms with Gasteiger partial charge in [0.25, 0.3) is 0 Å². The highest BCUT2D eigenvalue weighted by molar-refractivity contribution is 14.0. The van der Waals surface area contributed by atoms with Crippen LogP contribution in [0.25, 0.3) is 0 Å². The van der Waals surface area contributed by atoms with Gasteiger partial charge in [-0.15, -0.1) is 24.0 Å². The first-order valence-electron chi connectivity index (χ1n) is 11.1. The molecule has 4 aliphatic rings. The summed E-state index contributed by atoms with van der Waals surface area (Å²) in [5.41, 5.74) is 0.387. The molecular formula is C21H39IN4O. The van der Waals surface area contributed by atoms with Crippen molar-refractivity contribution >= 4 is 29.9 Å². The van der Waals surface area contributed by atoms with Crippen LogP contribution in [0.15, 0.2) is 4.99 Å². The number of halogens is 1. The zero-order valence-electron chi connectivity index (χ0n) is 17.4. The summed E-state index contributed by atoms with van der Waals surface area (Å²) in [6, 6.07) is 1.78. The number of fused-ring (bicyclic) bond motifs is 2. The van der Waals surface area contributed by atoms with Crippen LogP contribution in [0, 0.1) is 11.3 Å². The maximum atomic E-state index is 6.14. The summed E-state index contributed by atoms with van der Waals surface area (Å²) < 4.78 is 6.14. The number of piperidine rings is 1. The Bertz CT molecular complexity index is 512. The number of nitrogens with one attached hydrogen (secondary N) is 2. The molecule has 2 saturated heterocycles. The topological polar surface area (TPSA) is 48.9 Å². The van der Waals surface area contributed by atoms with Crippen molar-refractivity contribution in [3.05, 3.63) is 0 Å². The number of rotatable bonds is 4. The molecule has 0 amide bonds. The molecule has 4 fully saturated rings. The van der Waals surface area contributed by atoms with Crippen molar-refractivity contribution in [3.8, 4) is 0 Å². The van der Waals surface area contributed by atoms with Gasteiger partial charge in [-0.2, -0.15) is 0 Å². The third-order valence-corrected chi connectivity index (χ3v) is 7.50. The highest BCUT2D eigenvalue weighted by atomic mass is 127. The van der Waals surface area contributed by atoms with E-state index in [0.717, 1.165) is 19.1 Å². The lowest BCUT2D eigenvalue weighted by Gasteiger charge is -2.57. The van der Waals surface area contributed by atoms with E-state index < -0.39 is 0 Å². The molecule has 0 aromatic heterocycles. The molecule has 3 atom stereocenters. The van der Waals surface area contributed by atoms with Crippen LogP contribution < -0.4 is 10.6 Å². The molecule has 3 unspecified atom stereocenters. The number of guanidine groups is 1. The van der Waals surface area contributed by atoms with E-state index in [9.17, 15) is 0 Å². The fraction of sp³-hybridized carbons (Fsp3) is 0.952. The van der Waals surface area contributed by atoms with Crippen LogP contribution in [0.5, 0.6) is 0 Å². The molecule has 0 radical (unpaired) electrons. The van der Waals surface area contributed by atoms with Gasteiger partial charge in [-0.25, -0.2) is 0 Å². The Balaban J connectivity index is 0.00000210. The van der Waals surface area contributed by atoms with Gasteiger partial charge in [-0.3, -0.25) is 4.99 Å². The Morgan fingerprint density at radius 2 is 1.85 bits per heavy atom. The lowest BCUT2D eigenvalue weighted by molar-refractivity contribution is -0.125. The average molecular weight is 490 g/mol. The van der Waals surface area contributed by atoms with Crippen molar-refractivity contribution in [3.63, 3.8) is 0 Å². The van der Waals surface area contributed by atoms with Gasteiger partial charge in [0, 0.05) is 55.7 Å². The second kappa shape index (κ2) is 9.16. The normalized spacial score (nSPS) is 33.6. The van der Waals surface area contributed by atoms with Crippen LogP contribution in [0.4, 0.5) is 0 Å². The maximum Gasteiger partial charge on any atom is 0.191 e. The number of likely N-dealkylation sites (tertiary alicyclic amines) is 1.